The van der Waals surface area contributed by atoms with E-state index in [-0.39, 0.29) is 18.6 Å². The molecular formula is C19H28N2O7. The maximum absolute atomic E-state index is 12.0. The molecule has 0 fully saturated rings. The second-order valence-electron chi connectivity index (χ2n) is 7.26. The number of anilines is 1. The summed E-state index contributed by atoms with van der Waals surface area (Å²) >= 11 is 0. The van der Waals surface area contributed by atoms with Gasteiger partial charge in [0.15, 0.2) is 0 Å². The highest BCUT2D eigenvalue weighted by Crippen LogP contribution is 2.20. The standard InChI is InChI=1S/C19H28N2O7/c1-5-6-9-15(28-21(24)25)11-12-17(22)26-16-10-7-8-14(13-16)20-18(23)27-19(2,3)4/h7-8,10,13,15H,5-6,9,11-12H2,1-4H3,(H,20,23). The summed E-state index contributed by atoms with van der Waals surface area (Å²) in [5.74, 6) is -0.290. The molecule has 1 unspecified atom stereocenters. The summed E-state index contributed by atoms with van der Waals surface area (Å²) < 4.78 is 10.4. The minimum absolute atomic E-state index is 0.0219. The fraction of sp³-hybridized carbons (Fsp3) is 0.579. The van der Waals surface area contributed by atoms with Crippen molar-refractivity contribution >= 4 is 17.7 Å². The maximum atomic E-state index is 12.0. The molecule has 1 aromatic rings. The molecule has 0 aliphatic carbocycles. The molecule has 0 bridgehead atoms. The van der Waals surface area contributed by atoms with Gasteiger partial charge in [-0.2, -0.15) is 0 Å². The summed E-state index contributed by atoms with van der Waals surface area (Å²) in [6.07, 6.45) is 1.06. The molecule has 156 valence electrons. The van der Waals surface area contributed by atoms with Gasteiger partial charge in [-0.3, -0.25) is 10.1 Å². The number of nitrogens with zero attached hydrogens (tertiary/aromatic N) is 1. The Kier molecular flexibility index (Phi) is 9.20. The first kappa shape index (κ1) is 23.2. The molecule has 28 heavy (non-hydrogen) atoms. The lowest BCUT2D eigenvalue weighted by Gasteiger charge is -2.19. The topological polar surface area (TPSA) is 117 Å². The molecule has 0 aromatic heterocycles. The van der Waals surface area contributed by atoms with Gasteiger partial charge in [0, 0.05) is 18.2 Å². The lowest BCUT2D eigenvalue weighted by molar-refractivity contribution is -0.769. The Labute approximate surface area is 164 Å². The van der Waals surface area contributed by atoms with Crippen LogP contribution in [0.5, 0.6) is 5.75 Å². The van der Waals surface area contributed by atoms with Crippen molar-refractivity contribution < 1.29 is 29.0 Å². The largest absolute Gasteiger partial charge is 0.444 e. The van der Waals surface area contributed by atoms with Crippen LogP contribution in [-0.4, -0.2) is 28.9 Å². The molecule has 9 nitrogen and oxygen atoms in total. The number of carbonyl (C=O) groups excluding carboxylic acids is 2. The van der Waals surface area contributed by atoms with E-state index in [9.17, 15) is 19.7 Å². The lowest BCUT2D eigenvalue weighted by atomic mass is 10.1. The Morgan fingerprint density at radius 2 is 1.96 bits per heavy atom. The predicted molar refractivity (Wildman–Crippen MR) is 103 cm³/mol. The third-order valence-electron chi connectivity index (χ3n) is 3.50. The monoisotopic (exact) mass is 396 g/mol. The average Bonchev–Trinajstić information content (AvgIpc) is 2.55. The Bertz CT molecular complexity index is 670. The minimum Gasteiger partial charge on any atom is -0.444 e. The van der Waals surface area contributed by atoms with E-state index >= 15 is 0 Å². The molecule has 0 saturated carbocycles. The number of amides is 1. The van der Waals surface area contributed by atoms with E-state index in [0.29, 0.717) is 12.1 Å². The van der Waals surface area contributed by atoms with Crippen LogP contribution in [0.4, 0.5) is 10.5 Å². The van der Waals surface area contributed by atoms with Crippen LogP contribution in [-0.2, 0) is 14.4 Å². The van der Waals surface area contributed by atoms with Crippen LogP contribution >= 0.6 is 0 Å². The first-order valence-corrected chi connectivity index (χ1v) is 9.21. The Balaban J connectivity index is 2.57. The molecule has 1 aromatic carbocycles. The van der Waals surface area contributed by atoms with Crippen molar-refractivity contribution in [1.29, 1.82) is 0 Å². The van der Waals surface area contributed by atoms with E-state index < -0.39 is 28.9 Å². The van der Waals surface area contributed by atoms with Crippen molar-refractivity contribution in [3.63, 3.8) is 0 Å². The van der Waals surface area contributed by atoms with Crippen molar-refractivity contribution in [2.75, 3.05) is 5.32 Å². The summed E-state index contributed by atoms with van der Waals surface area (Å²) in [7, 11) is 0. The van der Waals surface area contributed by atoms with E-state index in [1.54, 1.807) is 39.0 Å². The first-order chi connectivity index (χ1) is 13.1. The zero-order valence-electron chi connectivity index (χ0n) is 16.7. The lowest BCUT2D eigenvalue weighted by Crippen LogP contribution is -2.27. The molecule has 9 heteroatoms. The van der Waals surface area contributed by atoms with Gasteiger partial charge in [0.2, 0.25) is 0 Å². The number of hydrogen-bond donors (Lipinski definition) is 1. The Morgan fingerprint density at radius 3 is 2.57 bits per heavy atom. The number of rotatable bonds is 10. The van der Waals surface area contributed by atoms with Gasteiger partial charge in [-0.05, 0) is 45.7 Å². The summed E-state index contributed by atoms with van der Waals surface area (Å²) in [6.45, 7) is 7.22. The van der Waals surface area contributed by atoms with Gasteiger partial charge >= 0.3 is 12.1 Å². The van der Waals surface area contributed by atoms with Crippen LogP contribution in [0.3, 0.4) is 0 Å². The SMILES string of the molecule is CCCCC(CCC(=O)Oc1cccc(NC(=O)OC(C)(C)C)c1)O[N+](=O)[O-]. The normalized spacial score (nSPS) is 12.0. The average molecular weight is 396 g/mol. The van der Waals surface area contributed by atoms with Crippen LogP contribution in [0, 0.1) is 10.1 Å². The van der Waals surface area contributed by atoms with E-state index in [4.69, 9.17) is 9.47 Å². The molecule has 0 aliphatic heterocycles. The van der Waals surface area contributed by atoms with E-state index in [1.165, 1.54) is 6.07 Å². The van der Waals surface area contributed by atoms with Crippen molar-refractivity contribution in [3.05, 3.63) is 34.4 Å². The second kappa shape index (κ2) is 11.1. The fourth-order valence-electron chi connectivity index (χ4n) is 2.32. The second-order valence-corrected chi connectivity index (χ2v) is 7.26. The number of unbranched alkanes of at least 4 members (excludes halogenated alkanes) is 1. The number of benzene rings is 1. The predicted octanol–water partition coefficient (Wildman–Crippen LogP) is 4.49. The summed E-state index contributed by atoms with van der Waals surface area (Å²) in [6, 6.07) is 6.31. The molecule has 1 rings (SSSR count). The van der Waals surface area contributed by atoms with Gasteiger partial charge in [-0.1, -0.05) is 25.8 Å². The van der Waals surface area contributed by atoms with Crippen LogP contribution in [0.25, 0.3) is 0 Å². The molecule has 0 spiro atoms. The third kappa shape index (κ3) is 10.3. The van der Waals surface area contributed by atoms with Crippen LogP contribution < -0.4 is 10.1 Å². The molecule has 1 atom stereocenters. The molecule has 0 radical (unpaired) electrons. The van der Waals surface area contributed by atoms with Gasteiger partial charge in [-0.25, -0.2) is 4.79 Å². The highest BCUT2D eigenvalue weighted by atomic mass is 17.0. The Hall–Kier alpha value is -2.84. The number of nitrogens with one attached hydrogen (secondary N) is 1. The van der Waals surface area contributed by atoms with Gasteiger partial charge < -0.3 is 14.3 Å². The van der Waals surface area contributed by atoms with Gasteiger partial charge in [-0.15, -0.1) is 10.1 Å². The zero-order chi connectivity index (χ0) is 21.2. The molecular weight excluding hydrogens is 368 g/mol. The molecule has 0 heterocycles. The van der Waals surface area contributed by atoms with Gasteiger partial charge in [0.05, 0.1) is 0 Å². The summed E-state index contributed by atoms with van der Waals surface area (Å²) in [5.41, 5.74) is -0.217. The number of hydrogen-bond acceptors (Lipinski definition) is 7. The highest BCUT2D eigenvalue weighted by Gasteiger charge is 2.18. The van der Waals surface area contributed by atoms with Gasteiger partial charge in [0.1, 0.15) is 17.5 Å². The van der Waals surface area contributed by atoms with Crippen molar-refractivity contribution in [2.24, 2.45) is 0 Å². The maximum Gasteiger partial charge on any atom is 0.412 e. The van der Waals surface area contributed by atoms with Crippen LogP contribution in [0.15, 0.2) is 24.3 Å². The number of carbonyl (C=O) groups is 2. The Morgan fingerprint density at radius 1 is 1.25 bits per heavy atom. The summed E-state index contributed by atoms with van der Waals surface area (Å²) in [4.78, 5) is 39.0. The number of ether oxygens (including phenoxy) is 2. The highest BCUT2D eigenvalue weighted by molar-refractivity contribution is 5.85. The van der Waals surface area contributed by atoms with E-state index in [2.05, 4.69) is 10.2 Å². The van der Waals surface area contributed by atoms with Crippen LogP contribution in [0.1, 0.15) is 59.8 Å². The van der Waals surface area contributed by atoms with Crippen molar-refractivity contribution in [3.8, 4) is 5.75 Å². The van der Waals surface area contributed by atoms with Crippen molar-refractivity contribution in [1.82, 2.24) is 0 Å². The van der Waals surface area contributed by atoms with E-state index in [1.807, 2.05) is 6.92 Å². The first-order valence-electron chi connectivity index (χ1n) is 9.21. The van der Waals surface area contributed by atoms with Crippen LogP contribution in [0.2, 0.25) is 0 Å². The van der Waals surface area contributed by atoms with Crippen molar-refractivity contribution in [2.45, 2.75) is 71.5 Å². The molecule has 1 N–H and O–H groups in total. The zero-order valence-corrected chi connectivity index (χ0v) is 16.7. The minimum atomic E-state index is -0.836. The quantitative estimate of drug-likeness (QED) is 0.268. The molecule has 0 aliphatic rings. The molecule has 1 amide bonds. The number of esters is 1. The third-order valence-corrected chi connectivity index (χ3v) is 3.50. The molecule has 0 saturated heterocycles. The fourth-order valence-corrected chi connectivity index (χ4v) is 2.32. The summed E-state index contributed by atoms with van der Waals surface area (Å²) in [5, 5.41) is 12.3. The van der Waals surface area contributed by atoms with Gasteiger partial charge in [0.25, 0.3) is 5.09 Å². The smallest absolute Gasteiger partial charge is 0.412 e. The van der Waals surface area contributed by atoms with E-state index in [0.717, 1.165) is 12.8 Å².